The van der Waals surface area contributed by atoms with Crippen LogP contribution in [0.1, 0.15) is 39.0 Å². The summed E-state index contributed by atoms with van der Waals surface area (Å²) in [6.07, 6.45) is 6.88. The lowest BCUT2D eigenvalue weighted by molar-refractivity contribution is 0.191. The monoisotopic (exact) mass is 185 g/mol. The molecule has 0 amide bonds. The first-order valence-electron chi connectivity index (χ1n) is 5.55. The topological polar surface area (TPSA) is 21.3 Å². The summed E-state index contributed by atoms with van der Waals surface area (Å²) < 4.78 is 5.00. The van der Waals surface area contributed by atoms with Gasteiger partial charge in [-0.05, 0) is 32.2 Å². The van der Waals surface area contributed by atoms with E-state index in [-0.39, 0.29) is 0 Å². The standard InChI is InChI=1S/C11H23NO/c1-10(9-11-5-3-6-11)12-7-4-8-13-2/h10-12H,3-9H2,1-2H3. The van der Waals surface area contributed by atoms with Gasteiger partial charge in [0.1, 0.15) is 0 Å². The zero-order valence-electron chi connectivity index (χ0n) is 9.01. The molecule has 0 heterocycles. The van der Waals surface area contributed by atoms with Gasteiger partial charge in [-0.1, -0.05) is 19.3 Å². The molecular weight excluding hydrogens is 162 g/mol. The molecule has 0 bridgehead atoms. The molecule has 78 valence electrons. The van der Waals surface area contributed by atoms with E-state index in [0.29, 0.717) is 6.04 Å². The molecule has 1 N–H and O–H groups in total. The fourth-order valence-electron chi connectivity index (χ4n) is 1.88. The van der Waals surface area contributed by atoms with Gasteiger partial charge in [-0.3, -0.25) is 0 Å². The van der Waals surface area contributed by atoms with Crippen molar-refractivity contribution in [1.82, 2.24) is 5.32 Å². The van der Waals surface area contributed by atoms with Gasteiger partial charge in [0.15, 0.2) is 0 Å². The van der Waals surface area contributed by atoms with Crippen molar-refractivity contribution in [3.05, 3.63) is 0 Å². The molecule has 0 aromatic carbocycles. The van der Waals surface area contributed by atoms with Gasteiger partial charge in [-0.15, -0.1) is 0 Å². The molecular formula is C11H23NO. The molecule has 2 heteroatoms. The predicted molar refractivity (Wildman–Crippen MR) is 55.9 cm³/mol. The Morgan fingerprint density at radius 1 is 1.46 bits per heavy atom. The first-order chi connectivity index (χ1) is 6.33. The number of ether oxygens (including phenoxy) is 1. The molecule has 1 aliphatic carbocycles. The third-order valence-corrected chi connectivity index (χ3v) is 2.93. The fourth-order valence-corrected chi connectivity index (χ4v) is 1.88. The summed E-state index contributed by atoms with van der Waals surface area (Å²) in [6, 6.07) is 0.696. The third-order valence-electron chi connectivity index (χ3n) is 2.93. The maximum absolute atomic E-state index is 5.00. The molecule has 1 rings (SSSR count). The summed E-state index contributed by atoms with van der Waals surface area (Å²) in [7, 11) is 1.76. The van der Waals surface area contributed by atoms with Gasteiger partial charge in [0, 0.05) is 19.8 Å². The van der Waals surface area contributed by atoms with Crippen LogP contribution < -0.4 is 5.32 Å². The van der Waals surface area contributed by atoms with E-state index in [4.69, 9.17) is 4.74 Å². The number of methoxy groups -OCH3 is 1. The first-order valence-corrected chi connectivity index (χ1v) is 5.55. The lowest BCUT2D eigenvalue weighted by Crippen LogP contribution is -2.31. The van der Waals surface area contributed by atoms with E-state index in [2.05, 4.69) is 12.2 Å². The summed E-state index contributed by atoms with van der Waals surface area (Å²) in [5.74, 6) is 1.02. The zero-order valence-corrected chi connectivity index (χ0v) is 9.01. The Hall–Kier alpha value is -0.0800. The quantitative estimate of drug-likeness (QED) is 0.614. The van der Waals surface area contributed by atoms with Crippen LogP contribution in [0.4, 0.5) is 0 Å². The first kappa shape index (κ1) is 11.0. The lowest BCUT2D eigenvalue weighted by atomic mass is 9.81. The molecule has 0 saturated heterocycles. The molecule has 0 radical (unpaired) electrons. The molecule has 0 aromatic rings. The van der Waals surface area contributed by atoms with E-state index in [1.165, 1.54) is 25.7 Å². The van der Waals surface area contributed by atoms with Crippen LogP contribution in [0, 0.1) is 5.92 Å². The highest BCUT2D eigenvalue weighted by Crippen LogP contribution is 2.30. The van der Waals surface area contributed by atoms with E-state index in [9.17, 15) is 0 Å². The van der Waals surface area contributed by atoms with Crippen molar-refractivity contribution in [3.63, 3.8) is 0 Å². The predicted octanol–water partition coefficient (Wildman–Crippen LogP) is 2.19. The summed E-state index contributed by atoms with van der Waals surface area (Å²) in [6.45, 7) is 4.27. The average Bonchev–Trinajstić information content (AvgIpc) is 2.06. The van der Waals surface area contributed by atoms with E-state index in [1.807, 2.05) is 0 Å². The fraction of sp³-hybridized carbons (Fsp3) is 1.00. The highest BCUT2D eigenvalue weighted by atomic mass is 16.5. The van der Waals surface area contributed by atoms with Gasteiger partial charge in [0.2, 0.25) is 0 Å². The van der Waals surface area contributed by atoms with Gasteiger partial charge in [0.05, 0.1) is 0 Å². The van der Waals surface area contributed by atoms with Gasteiger partial charge < -0.3 is 10.1 Å². The number of rotatable bonds is 7. The second-order valence-electron chi connectivity index (χ2n) is 4.23. The Kier molecular flexibility index (Phi) is 5.40. The minimum atomic E-state index is 0.696. The largest absolute Gasteiger partial charge is 0.385 e. The molecule has 0 aliphatic heterocycles. The van der Waals surface area contributed by atoms with Crippen LogP contribution in [0.2, 0.25) is 0 Å². The molecule has 13 heavy (non-hydrogen) atoms. The van der Waals surface area contributed by atoms with E-state index in [0.717, 1.165) is 25.5 Å². The van der Waals surface area contributed by atoms with Crippen LogP contribution in [0.25, 0.3) is 0 Å². The van der Waals surface area contributed by atoms with Crippen LogP contribution in [-0.4, -0.2) is 26.3 Å². The van der Waals surface area contributed by atoms with Gasteiger partial charge in [-0.2, -0.15) is 0 Å². The SMILES string of the molecule is COCCCNC(C)CC1CCC1. The maximum Gasteiger partial charge on any atom is 0.0474 e. The maximum atomic E-state index is 5.00. The van der Waals surface area contributed by atoms with Crippen LogP contribution in [0.15, 0.2) is 0 Å². The number of nitrogens with one attached hydrogen (secondary N) is 1. The summed E-state index contributed by atoms with van der Waals surface area (Å²) in [5, 5.41) is 3.54. The Labute approximate surface area is 82.0 Å². The zero-order chi connectivity index (χ0) is 9.52. The van der Waals surface area contributed by atoms with Gasteiger partial charge in [-0.25, -0.2) is 0 Å². The minimum Gasteiger partial charge on any atom is -0.385 e. The van der Waals surface area contributed by atoms with Crippen molar-refractivity contribution in [2.75, 3.05) is 20.3 Å². The third kappa shape index (κ3) is 4.63. The summed E-state index contributed by atoms with van der Waals surface area (Å²) >= 11 is 0. The molecule has 1 atom stereocenters. The molecule has 1 fully saturated rings. The van der Waals surface area contributed by atoms with Crippen molar-refractivity contribution >= 4 is 0 Å². The molecule has 1 unspecified atom stereocenters. The van der Waals surface area contributed by atoms with E-state index >= 15 is 0 Å². The van der Waals surface area contributed by atoms with Crippen LogP contribution >= 0.6 is 0 Å². The van der Waals surface area contributed by atoms with E-state index < -0.39 is 0 Å². The number of hydrogen-bond acceptors (Lipinski definition) is 2. The highest BCUT2D eigenvalue weighted by Gasteiger charge is 2.19. The Bertz CT molecular complexity index is 123. The van der Waals surface area contributed by atoms with Crippen molar-refractivity contribution in [2.45, 2.75) is 45.1 Å². The van der Waals surface area contributed by atoms with Gasteiger partial charge >= 0.3 is 0 Å². The van der Waals surface area contributed by atoms with Crippen molar-refractivity contribution in [2.24, 2.45) is 5.92 Å². The molecule has 0 spiro atoms. The van der Waals surface area contributed by atoms with Gasteiger partial charge in [0.25, 0.3) is 0 Å². The lowest BCUT2D eigenvalue weighted by Gasteiger charge is -2.28. The average molecular weight is 185 g/mol. The van der Waals surface area contributed by atoms with E-state index in [1.54, 1.807) is 7.11 Å². The van der Waals surface area contributed by atoms with Crippen LogP contribution in [0.3, 0.4) is 0 Å². The Morgan fingerprint density at radius 2 is 2.23 bits per heavy atom. The van der Waals surface area contributed by atoms with Crippen molar-refractivity contribution in [3.8, 4) is 0 Å². The normalized spacial score (nSPS) is 19.8. The van der Waals surface area contributed by atoms with Crippen molar-refractivity contribution < 1.29 is 4.74 Å². The molecule has 1 aliphatic rings. The second-order valence-corrected chi connectivity index (χ2v) is 4.23. The second kappa shape index (κ2) is 6.39. The molecule has 1 saturated carbocycles. The Morgan fingerprint density at radius 3 is 2.77 bits per heavy atom. The highest BCUT2D eigenvalue weighted by molar-refractivity contribution is 4.74. The number of hydrogen-bond donors (Lipinski definition) is 1. The minimum absolute atomic E-state index is 0.696. The Balaban J connectivity index is 1.87. The van der Waals surface area contributed by atoms with Crippen LogP contribution in [-0.2, 0) is 4.74 Å². The molecule has 0 aromatic heterocycles. The summed E-state index contributed by atoms with van der Waals surface area (Å²) in [5.41, 5.74) is 0. The van der Waals surface area contributed by atoms with Crippen LogP contribution in [0.5, 0.6) is 0 Å². The van der Waals surface area contributed by atoms with Crippen molar-refractivity contribution in [1.29, 1.82) is 0 Å². The molecule has 2 nitrogen and oxygen atoms in total. The summed E-state index contributed by atoms with van der Waals surface area (Å²) in [4.78, 5) is 0. The smallest absolute Gasteiger partial charge is 0.0474 e.